The molecule has 0 radical (unpaired) electrons. The fraction of sp³-hybridized carbons (Fsp3) is 0.263. The number of hydrogen-bond acceptors (Lipinski definition) is 3. The monoisotopic (exact) mass is 482 g/mol. The summed E-state index contributed by atoms with van der Waals surface area (Å²) < 4.78 is 7.42. The SMILES string of the molecule is CNC(=O)[C@H](C)N(Cc1cccc(Br)c1)C(=O)COc1ccc(Br)cc1. The van der Waals surface area contributed by atoms with E-state index in [1.54, 1.807) is 26.1 Å². The molecule has 0 saturated heterocycles. The third-order valence-electron chi connectivity index (χ3n) is 3.83. The zero-order valence-corrected chi connectivity index (χ0v) is 17.7. The summed E-state index contributed by atoms with van der Waals surface area (Å²) in [6.07, 6.45) is 0. The molecule has 2 rings (SSSR count). The molecule has 138 valence electrons. The lowest BCUT2D eigenvalue weighted by atomic mass is 10.1. The van der Waals surface area contributed by atoms with Crippen LogP contribution in [0.15, 0.2) is 57.5 Å². The van der Waals surface area contributed by atoms with Gasteiger partial charge in [-0.2, -0.15) is 0 Å². The summed E-state index contributed by atoms with van der Waals surface area (Å²) >= 11 is 6.78. The van der Waals surface area contributed by atoms with Gasteiger partial charge in [-0.1, -0.05) is 44.0 Å². The first-order chi connectivity index (χ1) is 12.4. The maximum atomic E-state index is 12.7. The Kier molecular flexibility index (Phi) is 7.66. The molecule has 0 aromatic heterocycles. The van der Waals surface area contributed by atoms with Crippen molar-refractivity contribution in [2.75, 3.05) is 13.7 Å². The summed E-state index contributed by atoms with van der Waals surface area (Å²) in [5.41, 5.74) is 0.923. The molecule has 0 saturated carbocycles. The average Bonchev–Trinajstić information content (AvgIpc) is 2.64. The Morgan fingerprint density at radius 1 is 1.12 bits per heavy atom. The lowest BCUT2D eigenvalue weighted by molar-refractivity contribution is -0.142. The normalized spacial score (nSPS) is 11.5. The van der Waals surface area contributed by atoms with Crippen molar-refractivity contribution < 1.29 is 14.3 Å². The Balaban J connectivity index is 2.12. The number of rotatable bonds is 7. The van der Waals surface area contributed by atoms with Crippen molar-refractivity contribution >= 4 is 43.7 Å². The number of carbonyl (C=O) groups is 2. The molecule has 5 nitrogen and oxygen atoms in total. The van der Waals surface area contributed by atoms with Gasteiger partial charge in [0.2, 0.25) is 5.91 Å². The second-order valence-electron chi connectivity index (χ2n) is 5.68. The molecule has 2 amide bonds. The van der Waals surface area contributed by atoms with Gasteiger partial charge in [0.05, 0.1) is 0 Å². The van der Waals surface area contributed by atoms with Gasteiger partial charge in [0, 0.05) is 22.5 Å². The van der Waals surface area contributed by atoms with Crippen LogP contribution in [0.1, 0.15) is 12.5 Å². The number of hydrogen-bond donors (Lipinski definition) is 1. The number of likely N-dealkylation sites (N-methyl/N-ethyl adjacent to an activating group) is 1. The van der Waals surface area contributed by atoms with Gasteiger partial charge in [0.15, 0.2) is 6.61 Å². The van der Waals surface area contributed by atoms with E-state index in [1.165, 1.54) is 4.90 Å². The molecule has 0 heterocycles. The van der Waals surface area contributed by atoms with Crippen LogP contribution in [0.4, 0.5) is 0 Å². The molecule has 0 aliphatic rings. The van der Waals surface area contributed by atoms with Gasteiger partial charge in [-0.25, -0.2) is 0 Å². The molecule has 0 spiro atoms. The summed E-state index contributed by atoms with van der Waals surface area (Å²) in [5.74, 6) is 0.109. The van der Waals surface area contributed by atoms with Crippen LogP contribution in [0.25, 0.3) is 0 Å². The first-order valence-electron chi connectivity index (χ1n) is 8.04. The second-order valence-corrected chi connectivity index (χ2v) is 7.52. The minimum Gasteiger partial charge on any atom is -0.484 e. The van der Waals surface area contributed by atoms with Crippen molar-refractivity contribution in [3.63, 3.8) is 0 Å². The summed E-state index contributed by atoms with van der Waals surface area (Å²) in [6, 6.07) is 14.3. The molecule has 0 aliphatic heterocycles. The van der Waals surface area contributed by atoms with Crippen molar-refractivity contribution in [1.29, 1.82) is 0 Å². The lowest BCUT2D eigenvalue weighted by Crippen LogP contribution is -2.48. The molecular weight excluding hydrogens is 464 g/mol. The largest absolute Gasteiger partial charge is 0.484 e. The fourth-order valence-corrected chi connectivity index (χ4v) is 3.09. The van der Waals surface area contributed by atoms with Crippen molar-refractivity contribution in [3.8, 4) is 5.75 Å². The predicted molar refractivity (Wildman–Crippen MR) is 108 cm³/mol. The van der Waals surface area contributed by atoms with E-state index in [0.717, 1.165) is 14.5 Å². The van der Waals surface area contributed by atoms with E-state index in [-0.39, 0.29) is 18.4 Å². The van der Waals surface area contributed by atoms with Crippen molar-refractivity contribution in [1.82, 2.24) is 10.2 Å². The standard InChI is InChI=1S/C19H20Br2N2O3/c1-13(19(25)22-2)23(11-14-4-3-5-16(21)10-14)18(24)12-26-17-8-6-15(20)7-9-17/h3-10,13H,11-12H2,1-2H3,(H,22,25)/t13-/m0/s1. The number of halogens is 2. The third kappa shape index (κ3) is 5.85. The second kappa shape index (κ2) is 9.73. The lowest BCUT2D eigenvalue weighted by Gasteiger charge is -2.28. The highest BCUT2D eigenvalue weighted by Gasteiger charge is 2.25. The number of benzene rings is 2. The van der Waals surface area contributed by atoms with Crippen LogP contribution in [0.3, 0.4) is 0 Å². The van der Waals surface area contributed by atoms with Crippen LogP contribution < -0.4 is 10.1 Å². The number of amides is 2. The van der Waals surface area contributed by atoms with Gasteiger partial charge < -0.3 is 15.0 Å². The van der Waals surface area contributed by atoms with Gasteiger partial charge >= 0.3 is 0 Å². The first kappa shape index (κ1) is 20.5. The van der Waals surface area contributed by atoms with E-state index in [1.807, 2.05) is 36.4 Å². The summed E-state index contributed by atoms with van der Waals surface area (Å²) in [7, 11) is 1.55. The molecule has 0 aliphatic carbocycles. The van der Waals surface area contributed by atoms with Gasteiger partial charge in [0.25, 0.3) is 5.91 Å². The highest BCUT2D eigenvalue weighted by molar-refractivity contribution is 9.10. The molecule has 0 fully saturated rings. The van der Waals surface area contributed by atoms with E-state index >= 15 is 0 Å². The molecule has 1 N–H and O–H groups in total. The molecule has 7 heteroatoms. The van der Waals surface area contributed by atoms with E-state index in [4.69, 9.17) is 4.74 Å². The molecule has 2 aromatic carbocycles. The fourth-order valence-electron chi connectivity index (χ4n) is 2.38. The van der Waals surface area contributed by atoms with Gasteiger partial charge in [-0.3, -0.25) is 9.59 Å². The Hall–Kier alpha value is -1.86. The molecular formula is C19H20Br2N2O3. The highest BCUT2D eigenvalue weighted by atomic mass is 79.9. The van der Waals surface area contributed by atoms with E-state index < -0.39 is 6.04 Å². The zero-order chi connectivity index (χ0) is 19.1. The van der Waals surface area contributed by atoms with Crippen LogP contribution in [0, 0.1) is 0 Å². The first-order valence-corrected chi connectivity index (χ1v) is 9.63. The molecule has 2 aromatic rings. The van der Waals surface area contributed by atoms with Crippen LogP contribution in [0.5, 0.6) is 5.75 Å². The van der Waals surface area contributed by atoms with Gasteiger partial charge in [0.1, 0.15) is 11.8 Å². The summed E-state index contributed by atoms with van der Waals surface area (Å²) in [6.45, 7) is 1.88. The quantitative estimate of drug-likeness (QED) is 0.652. The Morgan fingerprint density at radius 3 is 2.42 bits per heavy atom. The number of carbonyl (C=O) groups excluding carboxylic acids is 2. The van der Waals surface area contributed by atoms with Crippen molar-refractivity contribution in [3.05, 3.63) is 63.0 Å². The maximum Gasteiger partial charge on any atom is 0.261 e. The number of nitrogens with zero attached hydrogens (tertiary/aromatic N) is 1. The highest BCUT2D eigenvalue weighted by Crippen LogP contribution is 2.18. The van der Waals surface area contributed by atoms with E-state index in [2.05, 4.69) is 37.2 Å². The summed E-state index contributed by atoms with van der Waals surface area (Å²) in [4.78, 5) is 26.3. The average molecular weight is 484 g/mol. The van der Waals surface area contributed by atoms with E-state index in [0.29, 0.717) is 12.3 Å². The predicted octanol–water partition coefficient (Wildman–Crippen LogP) is 3.75. The van der Waals surface area contributed by atoms with Gasteiger partial charge in [-0.05, 0) is 48.9 Å². The minimum absolute atomic E-state index is 0.142. The third-order valence-corrected chi connectivity index (χ3v) is 4.85. The maximum absolute atomic E-state index is 12.7. The van der Waals surface area contributed by atoms with Crippen LogP contribution in [0.2, 0.25) is 0 Å². The van der Waals surface area contributed by atoms with Crippen molar-refractivity contribution in [2.45, 2.75) is 19.5 Å². The molecule has 0 bridgehead atoms. The van der Waals surface area contributed by atoms with Crippen LogP contribution >= 0.6 is 31.9 Å². The smallest absolute Gasteiger partial charge is 0.261 e. The zero-order valence-electron chi connectivity index (χ0n) is 14.5. The minimum atomic E-state index is -0.611. The van der Waals surface area contributed by atoms with E-state index in [9.17, 15) is 9.59 Å². The Morgan fingerprint density at radius 2 is 1.81 bits per heavy atom. The molecule has 26 heavy (non-hydrogen) atoms. The topological polar surface area (TPSA) is 58.6 Å². The van der Waals surface area contributed by atoms with Crippen LogP contribution in [-0.4, -0.2) is 36.4 Å². The Bertz CT molecular complexity index is 766. The molecule has 1 atom stereocenters. The van der Waals surface area contributed by atoms with Gasteiger partial charge in [-0.15, -0.1) is 0 Å². The number of ether oxygens (including phenoxy) is 1. The van der Waals surface area contributed by atoms with Crippen LogP contribution in [-0.2, 0) is 16.1 Å². The van der Waals surface area contributed by atoms with Crippen molar-refractivity contribution in [2.24, 2.45) is 0 Å². The summed E-state index contributed by atoms with van der Waals surface area (Å²) in [5, 5.41) is 2.59. The molecule has 0 unspecified atom stereocenters. The Labute approximate surface area is 170 Å². The number of nitrogens with one attached hydrogen (secondary N) is 1.